The predicted octanol–water partition coefficient (Wildman–Crippen LogP) is 1.49. The third-order valence-electron chi connectivity index (χ3n) is 4.46. The summed E-state index contributed by atoms with van der Waals surface area (Å²) >= 11 is 0. The first-order chi connectivity index (χ1) is 12.6. The minimum atomic E-state index is -0.620. The van der Waals surface area contributed by atoms with Crippen molar-refractivity contribution in [3.63, 3.8) is 0 Å². The molecule has 0 bridgehead atoms. The molecule has 3 rings (SSSR count). The number of ether oxygens (including phenoxy) is 2. The van der Waals surface area contributed by atoms with Gasteiger partial charge >= 0.3 is 6.09 Å². The van der Waals surface area contributed by atoms with Gasteiger partial charge in [0.15, 0.2) is 0 Å². The molecule has 0 radical (unpaired) electrons. The molecule has 0 aliphatic carbocycles. The fraction of sp³-hybridized carbons (Fsp3) is 0.500. The molecule has 0 spiro atoms. The number of carbonyl (C=O) groups excluding carboxylic acids is 2. The molecule has 2 aliphatic rings. The molecule has 1 fully saturated rings. The maximum atomic E-state index is 12.7. The van der Waals surface area contributed by atoms with E-state index in [1.165, 1.54) is 0 Å². The SMILES string of the molecule is CCOC(=O)N1CCN(C(=O)C2CC(c3cccc(OC)c3)=NO2)CC1. The first-order valence-electron chi connectivity index (χ1n) is 8.70. The van der Waals surface area contributed by atoms with Crippen LogP contribution in [-0.4, -0.2) is 73.5 Å². The van der Waals surface area contributed by atoms with E-state index in [1.807, 2.05) is 24.3 Å². The summed E-state index contributed by atoms with van der Waals surface area (Å²) in [4.78, 5) is 33.1. The van der Waals surface area contributed by atoms with E-state index in [4.69, 9.17) is 14.3 Å². The van der Waals surface area contributed by atoms with Crippen LogP contribution in [0.15, 0.2) is 29.4 Å². The fourth-order valence-electron chi connectivity index (χ4n) is 3.01. The number of amides is 2. The highest BCUT2D eigenvalue weighted by Crippen LogP contribution is 2.22. The second-order valence-electron chi connectivity index (χ2n) is 6.08. The van der Waals surface area contributed by atoms with Gasteiger partial charge < -0.3 is 24.1 Å². The summed E-state index contributed by atoms with van der Waals surface area (Å²) in [7, 11) is 1.61. The van der Waals surface area contributed by atoms with Crippen molar-refractivity contribution < 1.29 is 23.9 Å². The molecule has 26 heavy (non-hydrogen) atoms. The highest BCUT2D eigenvalue weighted by Gasteiger charge is 2.34. The average molecular weight is 361 g/mol. The molecule has 1 saturated heterocycles. The number of rotatable bonds is 4. The van der Waals surface area contributed by atoms with Crippen LogP contribution in [0.5, 0.6) is 5.75 Å². The monoisotopic (exact) mass is 361 g/mol. The van der Waals surface area contributed by atoms with E-state index in [2.05, 4.69) is 5.16 Å². The van der Waals surface area contributed by atoms with Gasteiger partial charge in [0.1, 0.15) is 5.75 Å². The van der Waals surface area contributed by atoms with Crippen molar-refractivity contribution in [2.45, 2.75) is 19.4 Å². The summed E-state index contributed by atoms with van der Waals surface area (Å²) in [5.74, 6) is 0.630. The van der Waals surface area contributed by atoms with Crippen LogP contribution in [-0.2, 0) is 14.4 Å². The number of oxime groups is 1. The van der Waals surface area contributed by atoms with Gasteiger partial charge in [-0.1, -0.05) is 17.3 Å². The Bertz CT molecular complexity index is 698. The number of hydrogen-bond acceptors (Lipinski definition) is 6. The largest absolute Gasteiger partial charge is 0.497 e. The van der Waals surface area contributed by atoms with Gasteiger partial charge in [0.25, 0.3) is 5.91 Å². The van der Waals surface area contributed by atoms with Crippen molar-refractivity contribution in [2.24, 2.45) is 5.16 Å². The topological polar surface area (TPSA) is 80.7 Å². The number of piperazine rings is 1. The zero-order valence-corrected chi connectivity index (χ0v) is 15.0. The average Bonchev–Trinajstić information content (AvgIpc) is 3.18. The van der Waals surface area contributed by atoms with Crippen LogP contribution in [0.25, 0.3) is 0 Å². The van der Waals surface area contributed by atoms with Gasteiger partial charge in [-0.05, 0) is 19.1 Å². The first-order valence-corrected chi connectivity index (χ1v) is 8.70. The quantitative estimate of drug-likeness (QED) is 0.812. The molecule has 0 saturated carbocycles. The first kappa shape index (κ1) is 18.0. The normalized spacial score (nSPS) is 19.6. The number of benzene rings is 1. The number of carbonyl (C=O) groups is 2. The van der Waals surface area contributed by atoms with Crippen molar-refractivity contribution in [1.29, 1.82) is 0 Å². The summed E-state index contributed by atoms with van der Waals surface area (Å²) in [5, 5.41) is 4.08. The number of nitrogens with zero attached hydrogens (tertiary/aromatic N) is 3. The molecule has 1 unspecified atom stereocenters. The van der Waals surface area contributed by atoms with Gasteiger partial charge in [-0.2, -0.15) is 0 Å². The lowest BCUT2D eigenvalue weighted by Crippen LogP contribution is -2.53. The van der Waals surface area contributed by atoms with E-state index < -0.39 is 6.10 Å². The summed E-state index contributed by atoms with van der Waals surface area (Å²) in [6.07, 6.45) is -0.532. The Balaban J connectivity index is 1.54. The van der Waals surface area contributed by atoms with Crippen molar-refractivity contribution >= 4 is 17.7 Å². The molecule has 2 heterocycles. The molecule has 140 valence electrons. The Labute approximate surface area is 152 Å². The summed E-state index contributed by atoms with van der Waals surface area (Å²) in [6, 6.07) is 7.51. The van der Waals surface area contributed by atoms with Crippen LogP contribution in [0.2, 0.25) is 0 Å². The van der Waals surface area contributed by atoms with Crippen molar-refractivity contribution in [1.82, 2.24) is 9.80 Å². The van der Waals surface area contributed by atoms with Crippen LogP contribution in [0, 0.1) is 0 Å². The second kappa shape index (κ2) is 8.07. The molecule has 0 aromatic heterocycles. The maximum absolute atomic E-state index is 12.7. The predicted molar refractivity (Wildman–Crippen MR) is 94.2 cm³/mol. The smallest absolute Gasteiger partial charge is 0.409 e. The van der Waals surface area contributed by atoms with Gasteiger partial charge in [0, 0.05) is 38.2 Å². The van der Waals surface area contributed by atoms with Gasteiger partial charge in [0.2, 0.25) is 6.10 Å². The Morgan fingerprint density at radius 1 is 1.23 bits per heavy atom. The Hall–Kier alpha value is -2.77. The van der Waals surface area contributed by atoms with Crippen LogP contribution in [0.3, 0.4) is 0 Å². The highest BCUT2D eigenvalue weighted by atomic mass is 16.6. The van der Waals surface area contributed by atoms with E-state index in [0.29, 0.717) is 39.2 Å². The highest BCUT2D eigenvalue weighted by molar-refractivity contribution is 6.04. The molecule has 8 nitrogen and oxygen atoms in total. The van der Waals surface area contributed by atoms with Crippen LogP contribution in [0.4, 0.5) is 4.79 Å². The molecule has 2 aliphatic heterocycles. The van der Waals surface area contributed by atoms with Gasteiger partial charge in [-0.15, -0.1) is 0 Å². The molecular formula is C18H23N3O5. The summed E-state index contributed by atoms with van der Waals surface area (Å²) < 4.78 is 10.2. The Morgan fingerprint density at radius 2 is 1.96 bits per heavy atom. The number of methoxy groups -OCH3 is 1. The van der Waals surface area contributed by atoms with E-state index in [-0.39, 0.29) is 12.0 Å². The van der Waals surface area contributed by atoms with Gasteiger partial charge in [-0.25, -0.2) is 4.79 Å². The number of hydrogen-bond donors (Lipinski definition) is 0. The lowest BCUT2D eigenvalue weighted by Gasteiger charge is -2.34. The molecule has 1 aromatic carbocycles. The Morgan fingerprint density at radius 3 is 2.65 bits per heavy atom. The molecule has 2 amide bonds. The van der Waals surface area contributed by atoms with E-state index in [1.54, 1.807) is 23.8 Å². The fourth-order valence-corrected chi connectivity index (χ4v) is 3.01. The standard InChI is InChI=1S/C18H23N3O5/c1-3-25-18(23)21-9-7-20(8-10-21)17(22)16-12-15(19-26-16)13-5-4-6-14(11-13)24-2/h4-6,11,16H,3,7-10,12H2,1-2H3. The lowest BCUT2D eigenvalue weighted by atomic mass is 10.0. The third-order valence-corrected chi connectivity index (χ3v) is 4.46. The molecule has 1 aromatic rings. The molecule has 0 N–H and O–H groups in total. The lowest BCUT2D eigenvalue weighted by molar-refractivity contribution is -0.143. The van der Waals surface area contributed by atoms with Crippen LogP contribution < -0.4 is 4.74 Å². The molecular weight excluding hydrogens is 338 g/mol. The Kier molecular flexibility index (Phi) is 5.60. The van der Waals surface area contributed by atoms with Crippen molar-refractivity contribution in [2.75, 3.05) is 39.9 Å². The third kappa shape index (κ3) is 3.89. The minimum Gasteiger partial charge on any atom is -0.497 e. The van der Waals surface area contributed by atoms with Crippen LogP contribution >= 0.6 is 0 Å². The molecule has 8 heteroatoms. The minimum absolute atomic E-state index is 0.102. The van der Waals surface area contributed by atoms with Crippen molar-refractivity contribution in [3.8, 4) is 5.75 Å². The maximum Gasteiger partial charge on any atom is 0.409 e. The summed E-state index contributed by atoms with van der Waals surface area (Å²) in [6.45, 7) is 3.97. The molecule has 1 atom stereocenters. The van der Waals surface area contributed by atoms with E-state index in [0.717, 1.165) is 17.0 Å². The van der Waals surface area contributed by atoms with E-state index >= 15 is 0 Å². The van der Waals surface area contributed by atoms with Crippen LogP contribution in [0.1, 0.15) is 18.9 Å². The van der Waals surface area contributed by atoms with Gasteiger partial charge in [-0.3, -0.25) is 4.79 Å². The van der Waals surface area contributed by atoms with E-state index in [9.17, 15) is 9.59 Å². The zero-order chi connectivity index (χ0) is 18.5. The summed E-state index contributed by atoms with van der Waals surface area (Å²) in [5.41, 5.74) is 1.61. The second-order valence-corrected chi connectivity index (χ2v) is 6.08. The van der Waals surface area contributed by atoms with Crippen molar-refractivity contribution in [3.05, 3.63) is 29.8 Å². The van der Waals surface area contributed by atoms with Gasteiger partial charge in [0.05, 0.1) is 19.4 Å². The zero-order valence-electron chi connectivity index (χ0n) is 15.0.